The van der Waals surface area contributed by atoms with E-state index >= 15 is 0 Å². The Balaban J connectivity index is 1.73. The van der Waals surface area contributed by atoms with Crippen molar-refractivity contribution in [1.82, 2.24) is 9.80 Å². The van der Waals surface area contributed by atoms with Crippen molar-refractivity contribution in [3.8, 4) is 0 Å². The molecule has 1 unspecified atom stereocenters. The quantitative estimate of drug-likeness (QED) is 0.707. The summed E-state index contributed by atoms with van der Waals surface area (Å²) in [4.78, 5) is 5.01. The first-order valence-electron chi connectivity index (χ1n) is 6.41. The fourth-order valence-electron chi connectivity index (χ4n) is 3.51. The van der Waals surface area contributed by atoms with E-state index in [-0.39, 0.29) is 0 Å². The molecular formula is C12H21N3. The Kier molecular flexibility index (Phi) is 2.43. The van der Waals surface area contributed by atoms with Crippen LogP contribution >= 0.6 is 0 Å². The van der Waals surface area contributed by atoms with Crippen molar-refractivity contribution in [2.75, 3.05) is 26.2 Å². The summed E-state index contributed by atoms with van der Waals surface area (Å²) in [7, 11) is 0. The molecule has 4 aliphatic rings. The van der Waals surface area contributed by atoms with Gasteiger partial charge in [-0.1, -0.05) is 0 Å². The van der Waals surface area contributed by atoms with Gasteiger partial charge in [-0.2, -0.15) is 0 Å². The van der Waals surface area contributed by atoms with Crippen molar-refractivity contribution < 1.29 is 0 Å². The third-order valence-corrected chi connectivity index (χ3v) is 4.43. The minimum Gasteiger partial charge on any atom is -0.356 e. The Morgan fingerprint density at radius 3 is 2.47 bits per heavy atom. The summed E-state index contributed by atoms with van der Waals surface area (Å²) in [5.41, 5.74) is 0. The van der Waals surface area contributed by atoms with Gasteiger partial charge in [-0.25, -0.2) is 0 Å². The highest BCUT2D eigenvalue weighted by Crippen LogP contribution is 2.32. The fourth-order valence-corrected chi connectivity index (χ4v) is 3.51. The van der Waals surface area contributed by atoms with Crippen LogP contribution in [0.1, 0.15) is 32.1 Å². The lowest BCUT2D eigenvalue weighted by molar-refractivity contribution is 0.0300. The standard InChI is InChI=1S/C12H21N3/c13-12-3-1-2-6-15(12)11-9-14-7-4-10(11)5-8-14/h10-11,13H,1-9H2. The number of nitrogens with zero attached hydrogens (tertiary/aromatic N) is 2. The second-order valence-electron chi connectivity index (χ2n) is 5.30. The normalized spacial score (nSPS) is 40.9. The van der Waals surface area contributed by atoms with Crippen LogP contribution in [0, 0.1) is 11.3 Å². The topological polar surface area (TPSA) is 30.3 Å². The summed E-state index contributed by atoms with van der Waals surface area (Å²) in [5.74, 6) is 1.80. The maximum absolute atomic E-state index is 8.07. The van der Waals surface area contributed by atoms with Crippen LogP contribution in [0.15, 0.2) is 0 Å². The molecule has 1 N–H and O–H groups in total. The molecule has 1 atom stereocenters. The third-order valence-electron chi connectivity index (χ3n) is 4.43. The van der Waals surface area contributed by atoms with Gasteiger partial charge in [-0.3, -0.25) is 5.41 Å². The van der Waals surface area contributed by atoms with Crippen LogP contribution in [0.3, 0.4) is 0 Å². The number of likely N-dealkylation sites (tertiary alicyclic amines) is 1. The monoisotopic (exact) mass is 207 g/mol. The van der Waals surface area contributed by atoms with Crippen molar-refractivity contribution in [3.05, 3.63) is 0 Å². The van der Waals surface area contributed by atoms with Crippen molar-refractivity contribution in [1.29, 1.82) is 5.41 Å². The fraction of sp³-hybridized carbons (Fsp3) is 0.917. The number of nitrogens with one attached hydrogen (secondary N) is 1. The van der Waals surface area contributed by atoms with Crippen molar-refractivity contribution in [2.45, 2.75) is 38.1 Å². The van der Waals surface area contributed by atoms with Crippen LogP contribution in [0.25, 0.3) is 0 Å². The van der Waals surface area contributed by atoms with Gasteiger partial charge in [0.05, 0.1) is 5.84 Å². The largest absolute Gasteiger partial charge is 0.356 e. The summed E-state index contributed by atoms with van der Waals surface area (Å²) < 4.78 is 0. The van der Waals surface area contributed by atoms with Gasteiger partial charge in [0.15, 0.2) is 0 Å². The van der Waals surface area contributed by atoms with Crippen LogP contribution in [-0.4, -0.2) is 47.9 Å². The van der Waals surface area contributed by atoms with Crippen LogP contribution in [-0.2, 0) is 0 Å². The molecule has 3 nitrogen and oxygen atoms in total. The Morgan fingerprint density at radius 2 is 1.87 bits per heavy atom. The number of rotatable bonds is 1. The van der Waals surface area contributed by atoms with E-state index in [2.05, 4.69) is 9.80 Å². The van der Waals surface area contributed by atoms with Gasteiger partial charge in [0, 0.05) is 25.6 Å². The molecule has 0 amide bonds. The Labute approximate surface area is 91.9 Å². The molecule has 4 saturated heterocycles. The maximum atomic E-state index is 8.07. The second kappa shape index (κ2) is 3.78. The molecule has 4 aliphatic heterocycles. The van der Waals surface area contributed by atoms with E-state index in [4.69, 9.17) is 5.41 Å². The molecule has 4 rings (SSSR count). The first-order chi connectivity index (χ1) is 7.34. The molecule has 3 heteroatoms. The lowest BCUT2D eigenvalue weighted by Gasteiger charge is -2.50. The molecule has 0 radical (unpaired) electrons. The van der Waals surface area contributed by atoms with Gasteiger partial charge in [0.1, 0.15) is 0 Å². The van der Waals surface area contributed by atoms with E-state index in [1.165, 1.54) is 45.3 Å². The summed E-state index contributed by atoms with van der Waals surface area (Å²) in [6, 6.07) is 0.681. The molecule has 4 fully saturated rings. The average molecular weight is 207 g/mol. The van der Waals surface area contributed by atoms with Crippen LogP contribution in [0.2, 0.25) is 0 Å². The minimum atomic E-state index is 0.681. The van der Waals surface area contributed by atoms with Crippen molar-refractivity contribution in [2.24, 2.45) is 5.92 Å². The predicted octanol–water partition coefficient (Wildman–Crippen LogP) is 1.54. The van der Waals surface area contributed by atoms with Crippen molar-refractivity contribution >= 4 is 5.84 Å². The number of amidine groups is 1. The highest BCUT2D eigenvalue weighted by atomic mass is 15.3. The van der Waals surface area contributed by atoms with E-state index in [0.717, 1.165) is 24.7 Å². The highest BCUT2D eigenvalue weighted by molar-refractivity contribution is 5.80. The summed E-state index contributed by atoms with van der Waals surface area (Å²) >= 11 is 0. The Hall–Kier alpha value is -0.570. The first-order valence-corrected chi connectivity index (χ1v) is 6.41. The third kappa shape index (κ3) is 1.67. The zero-order valence-corrected chi connectivity index (χ0v) is 9.41. The van der Waals surface area contributed by atoms with E-state index in [0.29, 0.717) is 6.04 Å². The Bertz CT molecular complexity index is 256. The van der Waals surface area contributed by atoms with Crippen LogP contribution in [0.5, 0.6) is 0 Å². The Morgan fingerprint density at radius 1 is 1.07 bits per heavy atom. The minimum absolute atomic E-state index is 0.681. The average Bonchev–Trinajstić information content (AvgIpc) is 2.31. The van der Waals surface area contributed by atoms with Crippen molar-refractivity contribution in [3.63, 3.8) is 0 Å². The van der Waals surface area contributed by atoms with Gasteiger partial charge in [-0.05, 0) is 44.7 Å². The van der Waals surface area contributed by atoms with Gasteiger partial charge in [-0.15, -0.1) is 0 Å². The van der Waals surface area contributed by atoms with Gasteiger partial charge in [0.25, 0.3) is 0 Å². The summed E-state index contributed by atoms with van der Waals surface area (Å²) in [6.07, 6.45) is 6.29. The second-order valence-corrected chi connectivity index (χ2v) is 5.30. The molecular weight excluding hydrogens is 186 g/mol. The molecule has 15 heavy (non-hydrogen) atoms. The van der Waals surface area contributed by atoms with E-state index in [9.17, 15) is 0 Å². The number of piperidine rings is 4. The number of hydrogen-bond donors (Lipinski definition) is 1. The highest BCUT2D eigenvalue weighted by Gasteiger charge is 2.38. The molecule has 2 bridgehead atoms. The predicted molar refractivity (Wildman–Crippen MR) is 61.2 cm³/mol. The lowest BCUT2D eigenvalue weighted by Crippen LogP contribution is -2.59. The van der Waals surface area contributed by atoms with Crippen LogP contribution in [0.4, 0.5) is 0 Å². The SMILES string of the molecule is N=C1CCCCN1C1CN2CCC1CC2. The number of hydrogen-bond acceptors (Lipinski definition) is 2. The zero-order chi connectivity index (χ0) is 10.3. The van der Waals surface area contributed by atoms with Gasteiger partial charge in [0.2, 0.25) is 0 Å². The number of fused-ring (bicyclic) bond motifs is 3. The summed E-state index contributed by atoms with van der Waals surface area (Å²) in [5, 5.41) is 8.07. The van der Waals surface area contributed by atoms with E-state index < -0.39 is 0 Å². The molecule has 0 aromatic heterocycles. The zero-order valence-electron chi connectivity index (χ0n) is 9.41. The molecule has 84 valence electrons. The van der Waals surface area contributed by atoms with Crippen LogP contribution < -0.4 is 0 Å². The van der Waals surface area contributed by atoms with E-state index in [1.807, 2.05) is 0 Å². The lowest BCUT2D eigenvalue weighted by atomic mass is 9.82. The van der Waals surface area contributed by atoms with Gasteiger partial charge < -0.3 is 9.80 Å². The molecule has 0 spiro atoms. The maximum Gasteiger partial charge on any atom is 0.0960 e. The molecule has 0 aromatic carbocycles. The van der Waals surface area contributed by atoms with E-state index in [1.54, 1.807) is 0 Å². The molecule has 0 aliphatic carbocycles. The molecule has 4 heterocycles. The molecule has 0 saturated carbocycles. The molecule has 0 aromatic rings. The van der Waals surface area contributed by atoms with Gasteiger partial charge >= 0.3 is 0 Å². The first kappa shape index (κ1) is 9.64. The smallest absolute Gasteiger partial charge is 0.0960 e. The summed E-state index contributed by atoms with van der Waals surface area (Å²) in [6.45, 7) is 4.99.